The van der Waals surface area contributed by atoms with Gasteiger partial charge < -0.3 is 37.6 Å². The zero-order chi connectivity index (χ0) is 19.6. The van der Waals surface area contributed by atoms with Gasteiger partial charge >= 0.3 is 11.9 Å². The normalized spacial score (nSPS) is 12.4. The molecule has 2 unspecified atom stereocenters. The van der Waals surface area contributed by atoms with Crippen molar-refractivity contribution in [2.45, 2.75) is 24.9 Å². The number of amides is 4. The molecule has 0 spiro atoms. The monoisotopic (exact) mass is 361 g/mol. The van der Waals surface area contributed by atoms with Crippen molar-refractivity contribution in [3.8, 4) is 0 Å². The average Bonchev–Trinajstić information content (AvgIpc) is 2.50. The molecule has 140 valence electrons. The minimum atomic E-state index is -1.58. The van der Waals surface area contributed by atoms with Gasteiger partial charge in [-0.1, -0.05) is 0 Å². The Morgan fingerprint density at radius 3 is 1.88 bits per heavy atom. The molecule has 4 amide bonds. The van der Waals surface area contributed by atoms with Gasteiger partial charge in [0.1, 0.15) is 12.1 Å². The first-order valence-corrected chi connectivity index (χ1v) is 6.86. The second-order valence-electron chi connectivity index (χ2n) is 4.77. The number of primary amides is 1. The quantitative estimate of drug-likeness (QED) is 0.187. The van der Waals surface area contributed by atoms with Crippen LogP contribution in [0.2, 0.25) is 0 Å². The van der Waals surface area contributed by atoms with Crippen molar-refractivity contribution in [3.05, 3.63) is 0 Å². The Hall–Kier alpha value is -3.22. The highest BCUT2D eigenvalue weighted by Gasteiger charge is 2.25. The Labute approximate surface area is 141 Å². The maximum atomic E-state index is 11.8. The van der Waals surface area contributed by atoms with Gasteiger partial charge in [-0.25, -0.2) is 4.79 Å². The van der Waals surface area contributed by atoms with E-state index in [1.54, 1.807) is 0 Å². The fraction of sp³-hybridized carbons (Fsp3) is 0.500. The fourth-order valence-electron chi connectivity index (χ4n) is 1.57. The van der Waals surface area contributed by atoms with Crippen molar-refractivity contribution in [1.29, 1.82) is 0 Å². The molecule has 0 bridgehead atoms. The standard InChI is InChI=1S/C12H19N5O8/c13-3-8(19)16-5(2-10(21)22)11(23)15-4-9(20)17-6(12(24)25)1-7(14)18/h5-6H,1-4,13H2,(H2,14,18)(H,15,23)(H,16,19)(H,17,20)(H,21,22)(H,24,25). The number of carboxylic acid groups (broad SMARTS) is 2. The van der Waals surface area contributed by atoms with E-state index in [4.69, 9.17) is 21.7 Å². The summed E-state index contributed by atoms with van der Waals surface area (Å²) in [5.74, 6) is -6.56. The SMILES string of the molecule is NCC(=O)NC(CC(=O)O)C(=O)NCC(=O)NC(CC(N)=O)C(=O)O. The molecule has 0 saturated heterocycles. The zero-order valence-electron chi connectivity index (χ0n) is 13.0. The number of rotatable bonds is 11. The average molecular weight is 361 g/mol. The van der Waals surface area contributed by atoms with Gasteiger partial charge in [-0.15, -0.1) is 0 Å². The number of hydrogen-bond acceptors (Lipinski definition) is 7. The number of carboxylic acids is 2. The van der Waals surface area contributed by atoms with Gasteiger partial charge in [-0.05, 0) is 0 Å². The summed E-state index contributed by atoms with van der Waals surface area (Å²) in [5.41, 5.74) is 9.89. The number of nitrogens with one attached hydrogen (secondary N) is 3. The van der Waals surface area contributed by atoms with Gasteiger partial charge in [0, 0.05) is 0 Å². The third-order valence-electron chi connectivity index (χ3n) is 2.68. The highest BCUT2D eigenvalue weighted by Crippen LogP contribution is 1.94. The van der Waals surface area contributed by atoms with Crippen molar-refractivity contribution in [2.75, 3.05) is 13.1 Å². The Morgan fingerprint density at radius 2 is 1.44 bits per heavy atom. The number of carbonyl (C=O) groups is 6. The summed E-state index contributed by atoms with van der Waals surface area (Å²) in [7, 11) is 0. The Kier molecular flexibility index (Phi) is 9.18. The minimum absolute atomic E-state index is 0.475. The molecule has 9 N–H and O–H groups in total. The lowest BCUT2D eigenvalue weighted by Gasteiger charge is -2.17. The predicted octanol–water partition coefficient (Wildman–Crippen LogP) is -4.53. The van der Waals surface area contributed by atoms with Crippen LogP contribution in [0.5, 0.6) is 0 Å². The van der Waals surface area contributed by atoms with Crippen LogP contribution in [0.15, 0.2) is 0 Å². The van der Waals surface area contributed by atoms with Crippen LogP contribution in [0.4, 0.5) is 0 Å². The molecule has 0 fully saturated rings. The van der Waals surface area contributed by atoms with Gasteiger partial charge in [-0.3, -0.25) is 24.0 Å². The largest absolute Gasteiger partial charge is 0.481 e. The van der Waals surface area contributed by atoms with E-state index >= 15 is 0 Å². The van der Waals surface area contributed by atoms with E-state index in [1.165, 1.54) is 0 Å². The van der Waals surface area contributed by atoms with Crippen LogP contribution in [0.3, 0.4) is 0 Å². The summed E-state index contributed by atoms with van der Waals surface area (Å²) in [4.78, 5) is 66.9. The number of carbonyl (C=O) groups excluding carboxylic acids is 4. The van der Waals surface area contributed by atoms with Crippen LogP contribution in [0.1, 0.15) is 12.8 Å². The fourth-order valence-corrected chi connectivity index (χ4v) is 1.57. The summed E-state index contributed by atoms with van der Waals surface area (Å²) in [5, 5.41) is 23.6. The molecule has 0 aliphatic heterocycles. The minimum Gasteiger partial charge on any atom is -0.481 e. The van der Waals surface area contributed by atoms with Gasteiger partial charge in [0.2, 0.25) is 23.6 Å². The number of nitrogens with two attached hydrogens (primary N) is 2. The van der Waals surface area contributed by atoms with Crippen LogP contribution >= 0.6 is 0 Å². The molecule has 0 heterocycles. The molecular formula is C12H19N5O8. The molecule has 0 saturated carbocycles. The van der Waals surface area contributed by atoms with Gasteiger partial charge in [0.25, 0.3) is 0 Å². The smallest absolute Gasteiger partial charge is 0.326 e. The lowest BCUT2D eigenvalue weighted by atomic mass is 10.2. The summed E-state index contributed by atoms with van der Waals surface area (Å²) in [6, 6.07) is -3.05. The maximum absolute atomic E-state index is 11.8. The molecular weight excluding hydrogens is 342 g/mol. The predicted molar refractivity (Wildman–Crippen MR) is 79.6 cm³/mol. The van der Waals surface area contributed by atoms with Crippen LogP contribution in [0, 0.1) is 0 Å². The molecule has 0 aromatic carbocycles. The van der Waals surface area contributed by atoms with E-state index in [0.29, 0.717) is 0 Å². The Balaban J connectivity index is 4.67. The van der Waals surface area contributed by atoms with Crippen molar-refractivity contribution >= 4 is 35.6 Å². The number of aliphatic carboxylic acids is 2. The molecule has 0 aromatic heterocycles. The molecule has 0 aliphatic rings. The van der Waals surface area contributed by atoms with Crippen LogP contribution in [-0.4, -0.2) is 71.0 Å². The lowest BCUT2D eigenvalue weighted by Crippen LogP contribution is -2.52. The summed E-state index contributed by atoms with van der Waals surface area (Å²) in [6.45, 7) is -1.19. The van der Waals surface area contributed by atoms with Crippen molar-refractivity contribution in [3.63, 3.8) is 0 Å². The van der Waals surface area contributed by atoms with Gasteiger partial charge in [0.15, 0.2) is 0 Å². The van der Waals surface area contributed by atoms with E-state index in [0.717, 1.165) is 0 Å². The first kappa shape index (κ1) is 21.8. The molecule has 0 aliphatic carbocycles. The first-order chi connectivity index (χ1) is 11.6. The third-order valence-corrected chi connectivity index (χ3v) is 2.68. The van der Waals surface area contributed by atoms with E-state index in [1.807, 2.05) is 10.6 Å². The zero-order valence-corrected chi connectivity index (χ0v) is 13.0. The van der Waals surface area contributed by atoms with Gasteiger partial charge in [0.05, 0.1) is 25.9 Å². The summed E-state index contributed by atoms with van der Waals surface area (Å²) in [6.07, 6.45) is -1.40. The molecule has 25 heavy (non-hydrogen) atoms. The van der Waals surface area contributed by atoms with Crippen LogP contribution in [0.25, 0.3) is 0 Å². The molecule has 13 heteroatoms. The first-order valence-electron chi connectivity index (χ1n) is 6.86. The van der Waals surface area contributed by atoms with E-state index in [-0.39, 0.29) is 0 Å². The molecule has 2 atom stereocenters. The van der Waals surface area contributed by atoms with Crippen LogP contribution < -0.4 is 27.4 Å². The summed E-state index contributed by atoms with van der Waals surface area (Å²) < 4.78 is 0. The van der Waals surface area contributed by atoms with Crippen molar-refractivity contribution in [1.82, 2.24) is 16.0 Å². The lowest BCUT2D eigenvalue weighted by molar-refractivity contribution is -0.143. The number of hydrogen-bond donors (Lipinski definition) is 7. The second-order valence-corrected chi connectivity index (χ2v) is 4.77. The molecule has 0 aromatic rings. The third kappa shape index (κ3) is 9.50. The van der Waals surface area contributed by atoms with E-state index in [9.17, 15) is 28.8 Å². The maximum Gasteiger partial charge on any atom is 0.326 e. The molecule has 0 radical (unpaired) electrons. The van der Waals surface area contributed by atoms with E-state index in [2.05, 4.69) is 5.32 Å². The van der Waals surface area contributed by atoms with E-state index < -0.39 is 73.6 Å². The Bertz CT molecular complexity index is 564. The van der Waals surface area contributed by atoms with Crippen LogP contribution in [-0.2, 0) is 28.8 Å². The molecule has 13 nitrogen and oxygen atoms in total. The highest BCUT2D eigenvalue weighted by molar-refractivity contribution is 5.94. The topological polar surface area (TPSA) is 231 Å². The highest BCUT2D eigenvalue weighted by atomic mass is 16.4. The Morgan fingerprint density at radius 1 is 0.880 bits per heavy atom. The summed E-state index contributed by atoms with van der Waals surface area (Å²) >= 11 is 0. The second kappa shape index (κ2) is 10.5. The molecule has 0 rings (SSSR count). The van der Waals surface area contributed by atoms with Crippen molar-refractivity contribution < 1.29 is 39.0 Å². The van der Waals surface area contributed by atoms with Gasteiger partial charge in [-0.2, -0.15) is 0 Å². The van der Waals surface area contributed by atoms with Crippen molar-refractivity contribution in [2.24, 2.45) is 11.5 Å².